The van der Waals surface area contributed by atoms with Gasteiger partial charge in [0.05, 0.1) is 22.0 Å². The van der Waals surface area contributed by atoms with Crippen molar-refractivity contribution in [3.05, 3.63) is 56.2 Å². The second kappa shape index (κ2) is 9.99. The molecular weight excluding hydrogens is 539 g/mol. The molecule has 32 heavy (non-hydrogen) atoms. The Morgan fingerprint density at radius 2 is 1.78 bits per heavy atom. The highest BCUT2D eigenvalue weighted by Gasteiger charge is 2.34. The number of ether oxygens (including phenoxy) is 2. The summed E-state index contributed by atoms with van der Waals surface area (Å²) in [5.41, 5.74) is 3.26. The zero-order valence-electron chi connectivity index (χ0n) is 18.6. The lowest BCUT2D eigenvalue weighted by Crippen LogP contribution is -2.54. The van der Waals surface area contributed by atoms with Gasteiger partial charge in [0, 0.05) is 0 Å². The van der Waals surface area contributed by atoms with Gasteiger partial charge in [-0.1, -0.05) is 6.07 Å². The molecule has 168 valence electrons. The molecule has 0 radical (unpaired) electrons. The zero-order chi connectivity index (χ0) is 23.6. The number of hydrogen-bond donors (Lipinski definition) is 1. The molecule has 1 saturated heterocycles. The summed E-state index contributed by atoms with van der Waals surface area (Å²) < 4.78 is 12.5. The smallest absolute Gasteiger partial charge is 0.270 e. The largest absolute Gasteiger partial charge is 0.490 e. The molecule has 1 aliphatic heterocycles. The third-order valence-electron chi connectivity index (χ3n) is 4.56. The Balaban J connectivity index is 2.05. The predicted octanol–water partition coefficient (Wildman–Crippen LogP) is 4.93. The summed E-state index contributed by atoms with van der Waals surface area (Å²) in [5.74, 6) is 0.197. The molecule has 3 rings (SSSR count). The van der Waals surface area contributed by atoms with Crippen molar-refractivity contribution >= 4 is 63.5 Å². The standard InChI is InChI=1S/C24H25IN2O4S/c1-6-30-20-12-16(11-19(25)21(20)31-13(2)3)10-18-22(28)26-24(32)27(23(18)29)17-8-14(4)7-15(5)9-17/h7-13H,6H2,1-5H3,(H,26,28,32)/b18-10+. The van der Waals surface area contributed by atoms with E-state index in [2.05, 4.69) is 27.9 Å². The molecule has 0 aromatic heterocycles. The molecule has 6 nitrogen and oxygen atoms in total. The molecule has 2 amide bonds. The second-order valence-corrected chi connectivity index (χ2v) is 9.28. The molecule has 1 heterocycles. The van der Waals surface area contributed by atoms with Crippen LogP contribution >= 0.6 is 34.8 Å². The van der Waals surface area contributed by atoms with Crippen molar-refractivity contribution in [1.82, 2.24) is 5.32 Å². The normalized spacial score (nSPS) is 15.4. The Kier molecular flexibility index (Phi) is 7.55. The number of anilines is 1. The van der Waals surface area contributed by atoms with Gasteiger partial charge in [-0.05, 0) is 116 Å². The Hall–Kier alpha value is -2.46. The molecule has 0 unspecified atom stereocenters. The molecule has 2 aromatic rings. The van der Waals surface area contributed by atoms with E-state index < -0.39 is 11.8 Å². The molecule has 0 aliphatic carbocycles. The van der Waals surface area contributed by atoms with Crippen molar-refractivity contribution in [3.8, 4) is 11.5 Å². The SMILES string of the molecule is CCOc1cc(/C=C2\C(=O)NC(=S)N(c3cc(C)cc(C)c3)C2=O)cc(I)c1OC(C)C. The van der Waals surface area contributed by atoms with Gasteiger partial charge in [-0.2, -0.15) is 0 Å². The maximum Gasteiger partial charge on any atom is 0.270 e. The van der Waals surface area contributed by atoms with E-state index in [9.17, 15) is 9.59 Å². The Labute approximate surface area is 207 Å². The first-order valence-electron chi connectivity index (χ1n) is 10.2. The summed E-state index contributed by atoms with van der Waals surface area (Å²) in [6.07, 6.45) is 1.53. The second-order valence-electron chi connectivity index (χ2n) is 7.73. The van der Waals surface area contributed by atoms with Crippen LogP contribution in [0.5, 0.6) is 11.5 Å². The summed E-state index contributed by atoms with van der Waals surface area (Å²) in [7, 11) is 0. The molecule has 0 bridgehead atoms. The van der Waals surface area contributed by atoms with Crippen LogP contribution in [0.2, 0.25) is 0 Å². The number of halogens is 1. The van der Waals surface area contributed by atoms with E-state index in [1.165, 1.54) is 4.90 Å². The number of carbonyl (C=O) groups is 2. The van der Waals surface area contributed by atoms with Crippen LogP contribution in [0.4, 0.5) is 5.69 Å². The summed E-state index contributed by atoms with van der Waals surface area (Å²) >= 11 is 7.47. The average molecular weight is 564 g/mol. The first kappa shape index (κ1) is 24.2. The van der Waals surface area contributed by atoms with Crippen LogP contribution in [-0.4, -0.2) is 29.6 Å². The molecule has 0 atom stereocenters. The molecule has 1 N–H and O–H groups in total. The number of nitrogens with zero attached hydrogens (tertiary/aromatic N) is 1. The summed E-state index contributed by atoms with van der Waals surface area (Å²) in [5, 5.41) is 2.69. The average Bonchev–Trinajstić information content (AvgIpc) is 2.67. The van der Waals surface area contributed by atoms with Crippen molar-refractivity contribution in [2.75, 3.05) is 11.5 Å². The minimum absolute atomic E-state index is 0.00599. The van der Waals surface area contributed by atoms with Crippen molar-refractivity contribution < 1.29 is 19.1 Å². The number of thiocarbonyl (C=S) groups is 1. The molecular formula is C24H25IN2O4S. The maximum atomic E-state index is 13.3. The summed E-state index contributed by atoms with van der Waals surface area (Å²) in [6.45, 7) is 10.1. The molecule has 1 fully saturated rings. The monoisotopic (exact) mass is 564 g/mol. The predicted molar refractivity (Wildman–Crippen MR) is 138 cm³/mol. The first-order chi connectivity index (χ1) is 15.1. The van der Waals surface area contributed by atoms with Gasteiger partial charge in [-0.3, -0.25) is 19.8 Å². The topological polar surface area (TPSA) is 67.9 Å². The van der Waals surface area contributed by atoms with Gasteiger partial charge < -0.3 is 9.47 Å². The van der Waals surface area contributed by atoms with Gasteiger partial charge in [0.2, 0.25) is 0 Å². The number of rotatable bonds is 6. The highest BCUT2D eigenvalue weighted by atomic mass is 127. The maximum absolute atomic E-state index is 13.3. The Bertz CT molecular complexity index is 1110. The number of amides is 2. The van der Waals surface area contributed by atoms with E-state index in [4.69, 9.17) is 21.7 Å². The van der Waals surface area contributed by atoms with E-state index in [1.54, 1.807) is 12.1 Å². The Morgan fingerprint density at radius 1 is 1.12 bits per heavy atom. The van der Waals surface area contributed by atoms with Gasteiger partial charge in [-0.25, -0.2) is 0 Å². The summed E-state index contributed by atoms with van der Waals surface area (Å²) in [6, 6.07) is 9.35. The van der Waals surface area contributed by atoms with E-state index in [1.807, 2.05) is 58.9 Å². The van der Waals surface area contributed by atoms with Crippen LogP contribution in [0, 0.1) is 17.4 Å². The van der Waals surface area contributed by atoms with Crippen molar-refractivity contribution in [1.29, 1.82) is 0 Å². The fourth-order valence-corrected chi connectivity index (χ4v) is 4.46. The van der Waals surface area contributed by atoms with Crippen LogP contribution in [0.25, 0.3) is 6.08 Å². The van der Waals surface area contributed by atoms with E-state index in [0.717, 1.165) is 14.7 Å². The molecule has 0 saturated carbocycles. The van der Waals surface area contributed by atoms with Crippen LogP contribution in [0.3, 0.4) is 0 Å². The third kappa shape index (κ3) is 5.29. The van der Waals surface area contributed by atoms with Crippen molar-refractivity contribution in [2.24, 2.45) is 0 Å². The van der Waals surface area contributed by atoms with E-state index in [0.29, 0.717) is 29.4 Å². The third-order valence-corrected chi connectivity index (χ3v) is 5.65. The van der Waals surface area contributed by atoms with Gasteiger partial charge in [-0.15, -0.1) is 0 Å². The lowest BCUT2D eigenvalue weighted by atomic mass is 10.1. The first-order valence-corrected chi connectivity index (χ1v) is 11.7. The van der Waals surface area contributed by atoms with E-state index in [-0.39, 0.29) is 16.8 Å². The van der Waals surface area contributed by atoms with Gasteiger partial charge in [0.25, 0.3) is 11.8 Å². The van der Waals surface area contributed by atoms with Crippen LogP contribution in [0.1, 0.15) is 37.5 Å². The highest BCUT2D eigenvalue weighted by Crippen LogP contribution is 2.36. The highest BCUT2D eigenvalue weighted by molar-refractivity contribution is 14.1. The van der Waals surface area contributed by atoms with Crippen LogP contribution in [-0.2, 0) is 9.59 Å². The van der Waals surface area contributed by atoms with Crippen molar-refractivity contribution in [2.45, 2.75) is 40.7 Å². The summed E-state index contributed by atoms with van der Waals surface area (Å²) in [4.78, 5) is 27.4. The lowest BCUT2D eigenvalue weighted by molar-refractivity contribution is -0.122. The minimum Gasteiger partial charge on any atom is -0.490 e. The molecule has 1 aliphatic rings. The number of aryl methyl sites for hydroxylation is 2. The lowest BCUT2D eigenvalue weighted by Gasteiger charge is -2.29. The fraction of sp³-hybridized carbons (Fsp3) is 0.292. The molecule has 2 aromatic carbocycles. The number of nitrogens with one attached hydrogen (secondary N) is 1. The fourth-order valence-electron chi connectivity index (χ4n) is 3.42. The number of benzene rings is 2. The molecule has 0 spiro atoms. The Morgan fingerprint density at radius 3 is 2.38 bits per heavy atom. The van der Waals surface area contributed by atoms with Gasteiger partial charge >= 0.3 is 0 Å². The van der Waals surface area contributed by atoms with Gasteiger partial charge in [0.1, 0.15) is 5.57 Å². The van der Waals surface area contributed by atoms with E-state index >= 15 is 0 Å². The number of carbonyl (C=O) groups excluding carboxylic acids is 2. The minimum atomic E-state index is -0.531. The van der Waals surface area contributed by atoms with Crippen molar-refractivity contribution in [3.63, 3.8) is 0 Å². The zero-order valence-corrected chi connectivity index (χ0v) is 21.6. The quantitative estimate of drug-likeness (QED) is 0.234. The van der Waals surface area contributed by atoms with Gasteiger partial charge in [0.15, 0.2) is 16.6 Å². The van der Waals surface area contributed by atoms with Crippen LogP contribution in [0.15, 0.2) is 35.9 Å². The van der Waals surface area contributed by atoms with Crippen LogP contribution < -0.4 is 19.7 Å². The molecule has 8 heteroatoms. The number of hydrogen-bond acceptors (Lipinski definition) is 5.